The van der Waals surface area contributed by atoms with Crippen molar-refractivity contribution in [2.75, 3.05) is 0 Å². The van der Waals surface area contributed by atoms with Crippen molar-refractivity contribution < 1.29 is 17.6 Å². The molecule has 20 heavy (non-hydrogen) atoms. The summed E-state index contributed by atoms with van der Waals surface area (Å²) < 4.78 is 54.3. The molecule has 1 unspecified atom stereocenters. The molecule has 2 N–H and O–H groups in total. The predicted octanol–water partition coefficient (Wildman–Crippen LogP) is 3.91. The minimum absolute atomic E-state index is 0.00000756. The van der Waals surface area contributed by atoms with Gasteiger partial charge in [-0.25, -0.2) is 17.6 Å². The average Bonchev–Trinajstić information content (AvgIpc) is 2.25. The Morgan fingerprint density at radius 3 is 1.80 bits per heavy atom. The molecule has 1 atom stereocenters. The van der Waals surface area contributed by atoms with Gasteiger partial charge in [0.2, 0.25) is 0 Å². The maximum absolute atomic E-state index is 14.0. The first kappa shape index (κ1) is 14.5. The SMILES string of the molecule is Cc1cc(C)c(C(N)c2c(F)cc(F)cc2F)c(F)c1. The van der Waals surface area contributed by atoms with Gasteiger partial charge in [-0.1, -0.05) is 6.07 Å². The highest BCUT2D eigenvalue weighted by molar-refractivity contribution is 5.40. The molecule has 0 fully saturated rings. The van der Waals surface area contributed by atoms with Crippen LogP contribution < -0.4 is 5.73 Å². The van der Waals surface area contributed by atoms with E-state index >= 15 is 0 Å². The maximum atomic E-state index is 14.0. The number of aryl methyl sites for hydroxylation is 2. The van der Waals surface area contributed by atoms with Crippen LogP contribution in [0.25, 0.3) is 0 Å². The van der Waals surface area contributed by atoms with Crippen LogP contribution in [0, 0.1) is 37.1 Å². The van der Waals surface area contributed by atoms with E-state index in [9.17, 15) is 17.6 Å². The van der Waals surface area contributed by atoms with Crippen molar-refractivity contribution >= 4 is 0 Å². The number of benzene rings is 2. The number of hydrogen-bond donors (Lipinski definition) is 1. The highest BCUT2D eigenvalue weighted by Gasteiger charge is 2.23. The Labute approximate surface area is 114 Å². The third-order valence-electron chi connectivity index (χ3n) is 3.15. The standard InChI is InChI=1S/C15H13F4N/c1-7-3-8(2)13(10(17)4-7)15(20)14-11(18)5-9(16)6-12(14)19/h3-6,15H,20H2,1-2H3. The molecule has 0 aliphatic heterocycles. The minimum atomic E-state index is -1.34. The van der Waals surface area contributed by atoms with Crippen molar-refractivity contribution in [3.63, 3.8) is 0 Å². The zero-order valence-electron chi connectivity index (χ0n) is 11.0. The quantitative estimate of drug-likeness (QED) is 0.831. The van der Waals surface area contributed by atoms with E-state index in [1.54, 1.807) is 19.9 Å². The number of hydrogen-bond acceptors (Lipinski definition) is 1. The lowest BCUT2D eigenvalue weighted by molar-refractivity contribution is 0.508. The Bertz CT molecular complexity index is 563. The van der Waals surface area contributed by atoms with Gasteiger partial charge < -0.3 is 5.73 Å². The van der Waals surface area contributed by atoms with Crippen LogP contribution in [-0.4, -0.2) is 0 Å². The van der Waals surface area contributed by atoms with E-state index in [0.717, 1.165) is 0 Å². The fourth-order valence-electron chi connectivity index (χ4n) is 2.32. The Morgan fingerprint density at radius 2 is 1.30 bits per heavy atom. The second-order valence-electron chi connectivity index (χ2n) is 4.74. The van der Waals surface area contributed by atoms with Crippen LogP contribution in [0.3, 0.4) is 0 Å². The first-order valence-electron chi connectivity index (χ1n) is 5.98. The summed E-state index contributed by atoms with van der Waals surface area (Å²) >= 11 is 0. The number of rotatable bonds is 2. The molecule has 0 heterocycles. The zero-order valence-corrected chi connectivity index (χ0v) is 11.0. The third-order valence-corrected chi connectivity index (χ3v) is 3.15. The van der Waals surface area contributed by atoms with Crippen LogP contribution in [-0.2, 0) is 0 Å². The second-order valence-corrected chi connectivity index (χ2v) is 4.74. The van der Waals surface area contributed by atoms with Gasteiger partial charge in [-0.05, 0) is 31.0 Å². The van der Waals surface area contributed by atoms with Gasteiger partial charge in [0, 0.05) is 23.3 Å². The van der Waals surface area contributed by atoms with Crippen molar-refractivity contribution in [3.8, 4) is 0 Å². The lowest BCUT2D eigenvalue weighted by Crippen LogP contribution is -2.19. The van der Waals surface area contributed by atoms with Gasteiger partial charge in [-0.3, -0.25) is 0 Å². The summed E-state index contributed by atoms with van der Waals surface area (Å²) in [4.78, 5) is 0. The summed E-state index contributed by atoms with van der Waals surface area (Å²) in [6.45, 7) is 3.30. The first-order chi connectivity index (χ1) is 9.31. The van der Waals surface area contributed by atoms with Crippen molar-refractivity contribution in [1.82, 2.24) is 0 Å². The lowest BCUT2D eigenvalue weighted by atomic mass is 9.93. The molecular weight excluding hydrogens is 270 g/mol. The molecule has 0 saturated carbocycles. The molecular formula is C15H13F4N. The summed E-state index contributed by atoms with van der Waals surface area (Å²) in [5.74, 6) is -3.95. The highest BCUT2D eigenvalue weighted by atomic mass is 19.1. The van der Waals surface area contributed by atoms with E-state index in [-0.39, 0.29) is 5.56 Å². The summed E-state index contributed by atoms with van der Waals surface area (Å²) in [5.41, 5.74) is 6.39. The lowest BCUT2D eigenvalue weighted by Gasteiger charge is -2.18. The Balaban J connectivity index is 2.61. The normalized spacial score (nSPS) is 12.6. The predicted molar refractivity (Wildman–Crippen MR) is 68.2 cm³/mol. The van der Waals surface area contributed by atoms with Gasteiger partial charge >= 0.3 is 0 Å². The Hall–Kier alpha value is -1.88. The monoisotopic (exact) mass is 283 g/mol. The fourth-order valence-corrected chi connectivity index (χ4v) is 2.32. The van der Waals surface area contributed by atoms with Crippen LogP contribution in [0.4, 0.5) is 17.6 Å². The second kappa shape index (κ2) is 5.25. The van der Waals surface area contributed by atoms with Gasteiger partial charge in [0.15, 0.2) is 0 Å². The van der Waals surface area contributed by atoms with Crippen LogP contribution >= 0.6 is 0 Å². The van der Waals surface area contributed by atoms with Crippen LogP contribution in [0.2, 0.25) is 0 Å². The van der Waals surface area contributed by atoms with Gasteiger partial charge in [0.1, 0.15) is 23.3 Å². The van der Waals surface area contributed by atoms with Gasteiger partial charge in [0.05, 0.1) is 6.04 Å². The highest BCUT2D eigenvalue weighted by Crippen LogP contribution is 2.30. The number of halogens is 4. The molecule has 0 spiro atoms. The Kier molecular flexibility index (Phi) is 3.81. The molecule has 106 valence electrons. The summed E-state index contributed by atoms with van der Waals surface area (Å²) in [7, 11) is 0. The van der Waals surface area contributed by atoms with Crippen LogP contribution in [0.1, 0.15) is 28.3 Å². The fraction of sp³-hybridized carbons (Fsp3) is 0.200. The summed E-state index contributed by atoms with van der Waals surface area (Å²) in [6.07, 6.45) is 0. The summed E-state index contributed by atoms with van der Waals surface area (Å²) in [6, 6.07) is 2.62. The molecule has 0 aliphatic rings. The average molecular weight is 283 g/mol. The molecule has 1 nitrogen and oxygen atoms in total. The van der Waals surface area contributed by atoms with Crippen LogP contribution in [0.15, 0.2) is 24.3 Å². The van der Waals surface area contributed by atoms with E-state index in [4.69, 9.17) is 5.73 Å². The first-order valence-corrected chi connectivity index (χ1v) is 5.98. The molecule has 0 saturated heterocycles. The molecule has 0 radical (unpaired) electrons. The van der Waals surface area contributed by atoms with Crippen molar-refractivity contribution in [1.29, 1.82) is 0 Å². The minimum Gasteiger partial charge on any atom is -0.320 e. The molecule has 5 heteroatoms. The zero-order chi connectivity index (χ0) is 15.0. The van der Waals surface area contributed by atoms with Crippen molar-refractivity contribution in [2.45, 2.75) is 19.9 Å². The van der Waals surface area contributed by atoms with Crippen molar-refractivity contribution in [3.05, 3.63) is 69.8 Å². The van der Waals surface area contributed by atoms with Gasteiger partial charge in [-0.15, -0.1) is 0 Å². The van der Waals surface area contributed by atoms with E-state index in [1.165, 1.54) is 6.07 Å². The topological polar surface area (TPSA) is 26.0 Å². The van der Waals surface area contributed by atoms with Crippen molar-refractivity contribution in [2.24, 2.45) is 5.73 Å². The summed E-state index contributed by atoms with van der Waals surface area (Å²) in [5, 5.41) is 0. The smallest absolute Gasteiger partial charge is 0.134 e. The van der Waals surface area contributed by atoms with E-state index in [1.807, 2.05) is 0 Å². The molecule has 2 aromatic carbocycles. The molecule has 2 aromatic rings. The van der Waals surface area contributed by atoms with E-state index in [0.29, 0.717) is 23.3 Å². The maximum Gasteiger partial charge on any atom is 0.134 e. The number of nitrogens with two attached hydrogens (primary N) is 1. The van der Waals surface area contributed by atoms with Gasteiger partial charge in [-0.2, -0.15) is 0 Å². The molecule has 0 amide bonds. The molecule has 0 aliphatic carbocycles. The Morgan fingerprint density at radius 1 is 0.800 bits per heavy atom. The van der Waals surface area contributed by atoms with E-state index in [2.05, 4.69) is 0 Å². The third kappa shape index (κ3) is 2.54. The van der Waals surface area contributed by atoms with Gasteiger partial charge in [0.25, 0.3) is 0 Å². The molecule has 2 rings (SSSR count). The molecule has 0 bridgehead atoms. The molecule has 0 aromatic heterocycles. The van der Waals surface area contributed by atoms with E-state index < -0.39 is 34.9 Å². The van der Waals surface area contributed by atoms with Crippen LogP contribution in [0.5, 0.6) is 0 Å². The largest absolute Gasteiger partial charge is 0.320 e.